The Hall–Kier alpha value is -1.42. The van der Waals surface area contributed by atoms with Gasteiger partial charge >= 0.3 is 0 Å². The molecule has 1 aliphatic carbocycles. The molecule has 0 aromatic heterocycles. The number of nitrogens with zero attached hydrogens (tertiary/aromatic N) is 1. The summed E-state index contributed by atoms with van der Waals surface area (Å²) in [6, 6.07) is 6.63. The second-order valence-corrected chi connectivity index (χ2v) is 5.89. The number of hydrogen-bond acceptors (Lipinski definition) is 2. The van der Waals surface area contributed by atoms with Crippen LogP contribution in [-0.4, -0.2) is 29.4 Å². The predicted octanol–water partition coefficient (Wildman–Crippen LogP) is 1.71. The minimum Gasteiger partial charge on any atom is -0.341 e. The van der Waals surface area contributed by atoms with E-state index in [9.17, 15) is 9.18 Å². The van der Waals surface area contributed by atoms with Crippen LogP contribution in [0, 0.1) is 11.7 Å². The Labute approximate surface area is 112 Å². The van der Waals surface area contributed by atoms with E-state index in [1.54, 1.807) is 0 Å². The van der Waals surface area contributed by atoms with Gasteiger partial charge in [-0.25, -0.2) is 4.39 Å². The van der Waals surface area contributed by atoms with Gasteiger partial charge in [-0.15, -0.1) is 0 Å². The van der Waals surface area contributed by atoms with Crippen LogP contribution in [0.15, 0.2) is 24.3 Å². The van der Waals surface area contributed by atoms with Crippen molar-refractivity contribution in [2.45, 2.75) is 31.2 Å². The molecule has 1 saturated carbocycles. The maximum atomic E-state index is 12.8. The second kappa shape index (κ2) is 4.60. The number of likely N-dealkylation sites (tertiary alicyclic amines) is 1. The summed E-state index contributed by atoms with van der Waals surface area (Å²) in [6.07, 6.45) is 3.57. The van der Waals surface area contributed by atoms with Gasteiger partial charge in [0, 0.05) is 13.1 Å². The monoisotopic (exact) mass is 262 g/mol. The number of benzene rings is 1. The molecule has 1 atom stereocenters. The molecule has 1 amide bonds. The molecule has 2 N–H and O–H groups in total. The Morgan fingerprint density at radius 1 is 1.37 bits per heavy atom. The van der Waals surface area contributed by atoms with Crippen LogP contribution in [0.25, 0.3) is 0 Å². The molecule has 0 bridgehead atoms. The van der Waals surface area contributed by atoms with E-state index in [0.717, 1.165) is 44.3 Å². The fraction of sp³-hybridized carbons (Fsp3) is 0.533. The van der Waals surface area contributed by atoms with Gasteiger partial charge in [0.2, 0.25) is 5.91 Å². The van der Waals surface area contributed by atoms with Crippen LogP contribution >= 0.6 is 0 Å². The third kappa shape index (κ3) is 2.63. The molecule has 2 fully saturated rings. The van der Waals surface area contributed by atoms with E-state index in [0.29, 0.717) is 5.92 Å². The summed E-state index contributed by atoms with van der Waals surface area (Å²) >= 11 is 0. The zero-order valence-corrected chi connectivity index (χ0v) is 10.9. The summed E-state index contributed by atoms with van der Waals surface area (Å²) in [5.41, 5.74) is 6.53. The van der Waals surface area contributed by atoms with Crippen LogP contribution < -0.4 is 5.73 Å². The van der Waals surface area contributed by atoms with Crippen LogP contribution in [0.2, 0.25) is 0 Å². The number of rotatable bonds is 3. The van der Waals surface area contributed by atoms with Crippen molar-refractivity contribution in [2.24, 2.45) is 11.7 Å². The highest BCUT2D eigenvalue weighted by Gasteiger charge is 2.49. The lowest BCUT2D eigenvalue weighted by molar-refractivity contribution is -0.132. The number of hydrogen-bond donors (Lipinski definition) is 1. The summed E-state index contributed by atoms with van der Waals surface area (Å²) in [7, 11) is 0. The lowest BCUT2D eigenvalue weighted by atomic mass is 9.99. The first-order valence-electron chi connectivity index (χ1n) is 6.89. The number of nitrogens with two attached hydrogens (primary N) is 1. The van der Waals surface area contributed by atoms with Crippen molar-refractivity contribution in [1.82, 2.24) is 4.90 Å². The fourth-order valence-electron chi connectivity index (χ4n) is 2.80. The summed E-state index contributed by atoms with van der Waals surface area (Å²) < 4.78 is 12.8. The molecule has 3 rings (SSSR count). The fourth-order valence-corrected chi connectivity index (χ4v) is 2.80. The summed E-state index contributed by atoms with van der Waals surface area (Å²) in [5, 5.41) is 0. The molecule has 1 aromatic carbocycles. The number of carbonyl (C=O) groups is 1. The van der Waals surface area contributed by atoms with Gasteiger partial charge < -0.3 is 10.6 Å². The van der Waals surface area contributed by atoms with Gasteiger partial charge in [0.15, 0.2) is 0 Å². The van der Waals surface area contributed by atoms with Crippen LogP contribution in [-0.2, 0) is 11.2 Å². The first kappa shape index (κ1) is 12.6. The highest BCUT2D eigenvalue weighted by atomic mass is 19.1. The van der Waals surface area contributed by atoms with E-state index in [1.165, 1.54) is 12.1 Å². The molecule has 4 heteroatoms. The molecule has 2 aliphatic rings. The molecule has 102 valence electrons. The minimum atomic E-state index is -0.551. The molecule has 0 radical (unpaired) electrons. The molecular formula is C15H19FN2O. The largest absolute Gasteiger partial charge is 0.341 e. The highest BCUT2D eigenvalue weighted by Crippen LogP contribution is 2.35. The Morgan fingerprint density at radius 2 is 2.05 bits per heavy atom. The maximum Gasteiger partial charge on any atom is 0.242 e. The van der Waals surface area contributed by atoms with Gasteiger partial charge in [-0.1, -0.05) is 12.1 Å². The maximum absolute atomic E-state index is 12.8. The quantitative estimate of drug-likeness (QED) is 0.901. The zero-order chi connectivity index (χ0) is 13.5. The van der Waals surface area contributed by atoms with Crippen LogP contribution in [0.5, 0.6) is 0 Å². The van der Waals surface area contributed by atoms with E-state index in [4.69, 9.17) is 5.73 Å². The molecule has 1 heterocycles. The van der Waals surface area contributed by atoms with Crippen LogP contribution in [0.4, 0.5) is 4.39 Å². The molecular weight excluding hydrogens is 243 g/mol. The molecule has 0 spiro atoms. The third-order valence-electron chi connectivity index (χ3n) is 4.23. The number of carbonyl (C=O) groups excluding carboxylic acids is 1. The lowest BCUT2D eigenvalue weighted by Gasteiger charge is -2.20. The molecule has 1 unspecified atom stereocenters. The van der Waals surface area contributed by atoms with Crippen molar-refractivity contribution >= 4 is 5.91 Å². The Bertz CT molecular complexity index is 481. The van der Waals surface area contributed by atoms with Crippen molar-refractivity contribution in [3.05, 3.63) is 35.6 Å². The van der Waals surface area contributed by atoms with E-state index < -0.39 is 5.54 Å². The lowest BCUT2D eigenvalue weighted by Crippen LogP contribution is -2.44. The number of amides is 1. The third-order valence-corrected chi connectivity index (χ3v) is 4.23. The minimum absolute atomic E-state index is 0.120. The van der Waals surface area contributed by atoms with Gasteiger partial charge in [0.05, 0.1) is 5.54 Å². The van der Waals surface area contributed by atoms with Crippen molar-refractivity contribution in [1.29, 1.82) is 0 Å². The zero-order valence-electron chi connectivity index (χ0n) is 10.9. The van der Waals surface area contributed by atoms with Crippen molar-refractivity contribution < 1.29 is 9.18 Å². The average molecular weight is 262 g/mol. The first-order chi connectivity index (χ1) is 9.07. The smallest absolute Gasteiger partial charge is 0.242 e. The van der Waals surface area contributed by atoms with E-state index in [-0.39, 0.29) is 11.7 Å². The Balaban J connectivity index is 1.57. The van der Waals surface area contributed by atoms with Gasteiger partial charge in [-0.05, 0) is 49.3 Å². The Kier molecular flexibility index (Phi) is 3.05. The molecule has 1 aliphatic heterocycles. The summed E-state index contributed by atoms with van der Waals surface area (Å²) in [4.78, 5) is 14.0. The Morgan fingerprint density at radius 3 is 2.68 bits per heavy atom. The van der Waals surface area contributed by atoms with Crippen LogP contribution in [0.3, 0.4) is 0 Å². The topological polar surface area (TPSA) is 46.3 Å². The van der Waals surface area contributed by atoms with E-state index in [1.807, 2.05) is 17.0 Å². The van der Waals surface area contributed by atoms with Crippen molar-refractivity contribution in [3.63, 3.8) is 0 Å². The van der Waals surface area contributed by atoms with Crippen LogP contribution in [0.1, 0.15) is 24.8 Å². The standard InChI is InChI=1S/C15H19FN2O/c16-13-3-1-11(2-4-13)9-12-5-8-18(10-12)14(19)15(17)6-7-15/h1-4,12H,5-10,17H2. The summed E-state index contributed by atoms with van der Waals surface area (Å²) in [6.45, 7) is 1.60. The predicted molar refractivity (Wildman–Crippen MR) is 70.9 cm³/mol. The van der Waals surface area contributed by atoms with E-state index in [2.05, 4.69) is 0 Å². The van der Waals surface area contributed by atoms with E-state index >= 15 is 0 Å². The highest BCUT2D eigenvalue weighted by molar-refractivity contribution is 5.89. The molecule has 1 aromatic rings. The molecule has 1 saturated heterocycles. The van der Waals surface area contributed by atoms with Gasteiger partial charge in [-0.2, -0.15) is 0 Å². The summed E-state index contributed by atoms with van der Waals surface area (Å²) in [5.74, 6) is 0.386. The molecule has 3 nitrogen and oxygen atoms in total. The molecule has 19 heavy (non-hydrogen) atoms. The second-order valence-electron chi connectivity index (χ2n) is 5.89. The van der Waals surface area contributed by atoms with Crippen molar-refractivity contribution in [3.8, 4) is 0 Å². The van der Waals surface area contributed by atoms with Gasteiger partial charge in [0.25, 0.3) is 0 Å². The SMILES string of the molecule is NC1(C(=O)N2CCC(Cc3ccc(F)cc3)C2)CC1. The van der Waals surface area contributed by atoms with Gasteiger partial charge in [-0.3, -0.25) is 4.79 Å². The normalized spacial score (nSPS) is 24.5. The average Bonchev–Trinajstić information content (AvgIpc) is 2.99. The number of halogens is 1. The van der Waals surface area contributed by atoms with Crippen molar-refractivity contribution in [2.75, 3.05) is 13.1 Å². The van der Waals surface area contributed by atoms with Gasteiger partial charge in [0.1, 0.15) is 5.82 Å². The first-order valence-corrected chi connectivity index (χ1v) is 6.89.